The molecule has 2 aromatic carbocycles. The molecule has 4 rings (SSSR count). The van der Waals surface area contributed by atoms with Gasteiger partial charge in [0.15, 0.2) is 6.04 Å². The highest BCUT2D eigenvalue weighted by molar-refractivity contribution is 5.80. The van der Waals surface area contributed by atoms with Crippen LogP contribution in [-0.4, -0.2) is 56.7 Å². The number of hydrogen-bond donors (Lipinski definition) is 1. The van der Waals surface area contributed by atoms with E-state index in [1.807, 2.05) is 12.1 Å². The van der Waals surface area contributed by atoms with E-state index in [0.29, 0.717) is 5.91 Å². The fourth-order valence-corrected chi connectivity index (χ4v) is 4.41. The largest absolute Gasteiger partial charge is 0.497 e. The van der Waals surface area contributed by atoms with Gasteiger partial charge in [-0.05, 0) is 48.7 Å². The van der Waals surface area contributed by atoms with Gasteiger partial charge in [0.05, 0.1) is 33.3 Å². The Hall–Kier alpha value is -2.53. The molecule has 2 aromatic rings. The third kappa shape index (κ3) is 3.85. The normalized spacial score (nSPS) is 18.5. The number of rotatable bonds is 4. The fourth-order valence-electron chi connectivity index (χ4n) is 4.41. The highest BCUT2D eigenvalue weighted by Gasteiger charge is 2.33. The van der Waals surface area contributed by atoms with Crippen molar-refractivity contribution in [1.82, 2.24) is 4.90 Å². The lowest BCUT2D eigenvalue weighted by Crippen LogP contribution is -3.19. The summed E-state index contributed by atoms with van der Waals surface area (Å²) < 4.78 is 5.25. The molecule has 1 amide bonds. The summed E-state index contributed by atoms with van der Waals surface area (Å²) in [6, 6.07) is 16.8. The molecular weight excluding hydrogens is 350 g/mol. The highest BCUT2D eigenvalue weighted by atomic mass is 16.5. The first-order valence-electron chi connectivity index (χ1n) is 10.2. The Balaban J connectivity index is 1.33. The SMILES string of the molecule is COc1ccc(N2CC[NH+]([C@@H](C)C(=O)N3CCc4ccccc4C3)CC2)cc1. The molecule has 0 bridgehead atoms. The molecule has 1 atom stereocenters. The maximum Gasteiger partial charge on any atom is 0.280 e. The van der Waals surface area contributed by atoms with Crippen LogP contribution < -0.4 is 14.5 Å². The first-order chi connectivity index (χ1) is 13.7. The van der Waals surface area contributed by atoms with Crippen molar-refractivity contribution in [3.05, 3.63) is 59.7 Å². The van der Waals surface area contributed by atoms with Crippen molar-refractivity contribution >= 4 is 11.6 Å². The number of hydrogen-bond acceptors (Lipinski definition) is 3. The number of carbonyl (C=O) groups is 1. The first-order valence-corrected chi connectivity index (χ1v) is 10.2. The zero-order chi connectivity index (χ0) is 19.5. The van der Waals surface area contributed by atoms with Crippen molar-refractivity contribution < 1.29 is 14.4 Å². The second-order valence-electron chi connectivity index (χ2n) is 7.84. The Labute approximate surface area is 167 Å². The second-order valence-corrected chi connectivity index (χ2v) is 7.84. The zero-order valence-corrected chi connectivity index (χ0v) is 16.9. The van der Waals surface area contributed by atoms with Gasteiger partial charge >= 0.3 is 0 Å². The summed E-state index contributed by atoms with van der Waals surface area (Å²) in [5.41, 5.74) is 3.92. The minimum Gasteiger partial charge on any atom is -0.497 e. The Morgan fingerprint density at radius 3 is 2.36 bits per heavy atom. The van der Waals surface area contributed by atoms with E-state index in [1.165, 1.54) is 21.7 Å². The molecule has 0 unspecified atom stereocenters. The molecule has 5 heteroatoms. The van der Waals surface area contributed by atoms with Gasteiger partial charge in [-0.2, -0.15) is 0 Å². The number of benzene rings is 2. The first kappa shape index (κ1) is 18.8. The van der Waals surface area contributed by atoms with Crippen LogP contribution in [0, 0.1) is 0 Å². The standard InChI is InChI=1S/C23H29N3O2/c1-18(23(27)26-12-11-19-5-3-4-6-20(19)17-26)24-13-15-25(16-14-24)21-7-9-22(28-2)10-8-21/h3-10,18H,11-17H2,1-2H3/p+1/t18-/m0/s1. The van der Waals surface area contributed by atoms with Crippen molar-refractivity contribution in [2.45, 2.75) is 25.9 Å². The summed E-state index contributed by atoms with van der Waals surface area (Å²) in [5, 5.41) is 0. The van der Waals surface area contributed by atoms with Crippen LogP contribution in [0.2, 0.25) is 0 Å². The molecule has 0 spiro atoms. The predicted molar refractivity (Wildman–Crippen MR) is 111 cm³/mol. The van der Waals surface area contributed by atoms with Crippen molar-refractivity contribution in [1.29, 1.82) is 0 Å². The average Bonchev–Trinajstić information content (AvgIpc) is 2.78. The molecule has 0 aromatic heterocycles. The molecule has 2 aliphatic rings. The summed E-state index contributed by atoms with van der Waals surface area (Å²) in [4.78, 5) is 19.0. The molecule has 0 aliphatic carbocycles. The third-order valence-corrected chi connectivity index (χ3v) is 6.27. The zero-order valence-electron chi connectivity index (χ0n) is 16.9. The quantitative estimate of drug-likeness (QED) is 0.871. The van der Waals surface area contributed by atoms with E-state index in [0.717, 1.165) is 51.4 Å². The number of amides is 1. The number of anilines is 1. The fraction of sp³-hybridized carbons (Fsp3) is 0.435. The van der Waals surface area contributed by atoms with Gasteiger partial charge in [-0.1, -0.05) is 24.3 Å². The summed E-state index contributed by atoms with van der Waals surface area (Å²) in [6.45, 7) is 7.62. The van der Waals surface area contributed by atoms with Gasteiger partial charge in [-0.15, -0.1) is 0 Å². The third-order valence-electron chi connectivity index (χ3n) is 6.27. The van der Waals surface area contributed by atoms with E-state index in [4.69, 9.17) is 4.74 Å². The number of ether oxygens (including phenoxy) is 1. The van der Waals surface area contributed by atoms with Gasteiger partial charge in [0.1, 0.15) is 5.75 Å². The number of carbonyl (C=O) groups excluding carboxylic acids is 1. The number of methoxy groups -OCH3 is 1. The van der Waals surface area contributed by atoms with Gasteiger partial charge in [0, 0.05) is 18.8 Å². The van der Waals surface area contributed by atoms with E-state index < -0.39 is 0 Å². The lowest BCUT2D eigenvalue weighted by Gasteiger charge is -2.38. The maximum absolute atomic E-state index is 13.1. The average molecular weight is 381 g/mol. The summed E-state index contributed by atoms with van der Waals surface area (Å²) in [5.74, 6) is 1.18. The number of quaternary nitrogens is 1. The lowest BCUT2D eigenvalue weighted by molar-refractivity contribution is -0.915. The van der Waals surface area contributed by atoms with Crippen LogP contribution in [-0.2, 0) is 17.8 Å². The van der Waals surface area contributed by atoms with Gasteiger partial charge < -0.3 is 19.4 Å². The van der Waals surface area contributed by atoms with Crippen LogP contribution in [0.15, 0.2) is 48.5 Å². The molecule has 0 radical (unpaired) electrons. The molecule has 1 N–H and O–H groups in total. The van der Waals surface area contributed by atoms with E-state index in [9.17, 15) is 4.79 Å². The van der Waals surface area contributed by atoms with E-state index in [2.05, 4.69) is 53.1 Å². The second kappa shape index (κ2) is 8.23. The minimum absolute atomic E-state index is 0.0169. The Morgan fingerprint density at radius 2 is 1.68 bits per heavy atom. The number of nitrogens with one attached hydrogen (secondary N) is 1. The lowest BCUT2D eigenvalue weighted by atomic mass is 9.99. The van der Waals surface area contributed by atoms with Crippen molar-refractivity contribution in [2.75, 3.05) is 44.7 Å². The van der Waals surface area contributed by atoms with Crippen LogP contribution in [0.3, 0.4) is 0 Å². The van der Waals surface area contributed by atoms with Gasteiger partial charge in [0.25, 0.3) is 5.91 Å². The monoisotopic (exact) mass is 380 g/mol. The molecule has 2 heterocycles. The number of fused-ring (bicyclic) bond motifs is 1. The Bertz CT molecular complexity index is 813. The summed E-state index contributed by atoms with van der Waals surface area (Å²) >= 11 is 0. The van der Waals surface area contributed by atoms with Crippen LogP contribution in [0.25, 0.3) is 0 Å². The van der Waals surface area contributed by atoms with Crippen LogP contribution in [0.4, 0.5) is 5.69 Å². The van der Waals surface area contributed by atoms with Crippen molar-refractivity contribution in [2.24, 2.45) is 0 Å². The van der Waals surface area contributed by atoms with Crippen LogP contribution in [0.1, 0.15) is 18.1 Å². The molecule has 148 valence electrons. The van der Waals surface area contributed by atoms with E-state index in [1.54, 1.807) is 7.11 Å². The number of nitrogens with zero attached hydrogens (tertiary/aromatic N) is 2. The van der Waals surface area contributed by atoms with Gasteiger partial charge in [-0.3, -0.25) is 4.79 Å². The maximum atomic E-state index is 13.1. The molecule has 1 fully saturated rings. The van der Waals surface area contributed by atoms with E-state index >= 15 is 0 Å². The predicted octanol–water partition coefficient (Wildman–Crippen LogP) is 1.37. The molecule has 2 aliphatic heterocycles. The Morgan fingerprint density at radius 1 is 1.00 bits per heavy atom. The van der Waals surface area contributed by atoms with Crippen LogP contribution in [0.5, 0.6) is 5.75 Å². The minimum atomic E-state index is 0.0169. The molecule has 1 saturated heterocycles. The summed E-state index contributed by atoms with van der Waals surface area (Å²) in [7, 11) is 1.69. The summed E-state index contributed by atoms with van der Waals surface area (Å²) in [6.07, 6.45) is 0.967. The smallest absolute Gasteiger partial charge is 0.280 e. The molecule has 0 saturated carbocycles. The molecule has 28 heavy (non-hydrogen) atoms. The van der Waals surface area contributed by atoms with Crippen molar-refractivity contribution in [3.8, 4) is 5.75 Å². The van der Waals surface area contributed by atoms with Gasteiger partial charge in [-0.25, -0.2) is 0 Å². The Kier molecular flexibility index (Phi) is 5.53. The van der Waals surface area contributed by atoms with Crippen molar-refractivity contribution in [3.63, 3.8) is 0 Å². The van der Waals surface area contributed by atoms with E-state index in [-0.39, 0.29) is 6.04 Å². The molecular formula is C23H30N3O2+. The topological polar surface area (TPSA) is 37.2 Å². The number of piperazine rings is 1. The highest BCUT2D eigenvalue weighted by Crippen LogP contribution is 2.20. The van der Waals surface area contributed by atoms with Crippen LogP contribution >= 0.6 is 0 Å². The van der Waals surface area contributed by atoms with Gasteiger partial charge in [0.2, 0.25) is 0 Å². The molecule has 5 nitrogen and oxygen atoms in total.